The Kier molecular flexibility index (Phi) is 2.73. The van der Waals surface area contributed by atoms with Gasteiger partial charge in [-0.05, 0) is 24.6 Å². The zero-order valence-electron chi connectivity index (χ0n) is 8.38. The lowest BCUT2D eigenvalue weighted by Crippen LogP contribution is -2.13. The number of aromatic nitrogens is 2. The minimum absolute atomic E-state index is 0.312. The lowest BCUT2D eigenvalue weighted by molar-refractivity contribution is 0.874. The number of hydrogen-bond donors (Lipinski definition) is 1. The van der Waals surface area contributed by atoms with Crippen LogP contribution in [0.15, 0.2) is 23.0 Å². The number of aromatic amines is 1. The van der Waals surface area contributed by atoms with Gasteiger partial charge in [-0.1, -0.05) is 24.9 Å². The second-order valence-electron chi connectivity index (χ2n) is 3.43. The highest BCUT2D eigenvalue weighted by atomic mass is 35.5. The van der Waals surface area contributed by atoms with Gasteiger partial charge < -0.3 is 4.98 Å². The lowest BCUT2D eigenvalue weighted by atomic mass is 10.1. The first kappa shape index (κ1) is 10.2. The number of aryl methyl sites for hydroxylation is 1. The molecule has 0 aliphatic heterocycles. The molecule has 78 valence electrons. The number of nitrogens with one attached hydrogen (secondary N) is 1. The lowest BCUT2D eigenvalue weighted by Gasteiger charge is -2.04. The molecule has 2 aromatic rings. The summed E-state index contributed by atoms with van der Waals surface area (Å²) in [5, 5.41) is 1.57. The highest BCUT2D eigenvalue weighted by molar-refractivity contribution is 6.31. The molecule has 0 atom stereocenters. The highest BCUT2D eigenvalue weighted by Crippen LogP contribution is 2.19. The topological polar surface area (TPSA) is 45.8 Å². The van der Waals surface area contributed by atoms with E-state index in [4.69, 9.17) is 11.6 Å². The minimum atomic E-state index is -0.312. The van der Waals surface area contributed by atoms with Crippen LogP contribution in [-0.2, 0) is 6.42 Å². The van der Waals surface area contributed by atoms with Crippen molar-refractivity contribution in [2.75, 3.05) is 0 Å². The summed E-state index contributed by atoms with van der Waals surface area (Å²) in [6.07, 6.45) is 1.83. The molecule has 2 rings (SSSR count). The van der Waals surface area contributed by atoms with Gasteiger partial charge in [-0.3, -0.25) is 0 Å². The Bertz CT molecular complexity index is 548. The van der Waals surface area contributed by atoms with Crippen LogP contribution in [0.25, 0.3) is 10.9 Å². The SMILES string of the molecule is CCCc1[nH]c(=O)nc2cc(Cl)ccc12. The van der Waals surface area contributed by atoms with Crippen LogP contribution in [-0.4, -0.2) is 9.97 Å². The van der Waals surface area contributed by atoms with Crippen LogP contribution in [0.2, 0.25) is 5.02 Å². The van der Waals surface area contributed by atoms with Gasteiger partial charge in [0.2, 0.25) is 0 Å². The van der Waals surface area contributed by atoms with E-state index < -0.39 is 0 Å². The minimum Gasteiger partial charge on any atom is -0.309 e. The second-order valence-corrected chi connectivity index (χ2v) is 3.87. The summed E-state index contributed by atoms with van der Waals surface area (Å²) in [5.74, 6) is 0. The Balaban J connectivity index is 2.74. The van der Waals surface area contributed by atoms with E-state index in [1.54, 1.807) is 6.07 Å². The zero-order valence-corrected chi connectivity index (χ0v) is 9.14. The van der Waals surface area contributed by atoms with Crippen molar-refractivity contribution in [2.24, 2.45) is 0 Å². The van der Waals surface area contributed by atoms with E-state index in [2.05, 4.69) is 16.9 Å². The third-order valence-electron chi connectivity index (χ3n) is 2.26. The molecule has 0 spiro atoms. The normalized spacial score (nSPS) is 10.8. The fourth-order valence-corrected chi connectivity index (χ4v) is 1.80. The average molecular weight is 223 g/mol. The van der Waals surface area contributed by atoms with E-state index in [0.29, 0.717) is 10.5 Å². The van der Waals surface area contributed by atoms with Gasteiger partial charge in [-0.2, -0.15) is 4.98 Å². The van der Waals surface area contributed by atoms with Crippen LogP contribution in [0.1, 0.15) is 19.0 Å². The number of benzene rings is 1. The van der Waals surface area contributed by atoms with Gasteiger partial charge in [-0.15, -0.1) is 0 Å². The van der Waals surface area contributed by atoms with Crippen molar-refractivity contribution in [1.82, 2.24) is 9.97 Å². The van der Waals surface area contributed by atoms with E-state index in [1.807, 2.05) is 12.1 Å². The van der Waals surface area contributed by atoms with Gasteiger partial charge in [0.25, 0.3) is 0 Å². The van der Waals surface area contributed by atoms with Gasteiger partial charge in [0.15, 0.2) is 0 Å². The van der Waals surface area contributed by atoms with Crippen LogP contribution >= 0.6 is 11.6 Å². The summed E-state index contributed by atoms with van der Waals surface area (Å²) < 4.78 is 0. The molecule has 0 unspecified atom stereocenters. The Labute approximate surface area is 92.1 Å². The predicted molar refractivity (Wildman–Crippen MR) is 61.4 cm³/mol. The van der Waals surface area contributed by atoms with Crippen molar-refractivity contribution in [2.45, 2.75) is 19.8 Å². The molecule has 0 amide bonds. The fourth-order valence-electron chi connectivity index (χ4n) is 1.63. The van der Waals surface area contributed by atoms with Crippen LogP contribution in [0, 0.1) is 0 Å². The molecule has 15 heavy (non-hydrogen) atoms. The van der Waals surface area contributed by atoms with Crippen molar-refractivity contribution in [3.63, 3.8) is 0 Å². The molecule has 1 aromatic carbocycles. The summed E-state index contributed by atoms with van der Waals surface area (Å²) in [6, 6.07) is 5.42. The zero-order chi connectivity index (χ0) is 10.8. The molecular formula is C11H11ClN2O. The first-order chi connectivity index (χ1) is 7.20. The maximum atomic E-state index is 11.3. The number of H-pyrrole nitrogens is 1. The standard InChI is InChI=1S/C11H11ClN2O/c1-2-3-9-8-5-4-7(12)6-10(8)14-11(15)13-9/h4-6H,2-3H2,1H3,(H,13,14,15). The number of hydrogen-bond acceptors (Lipinski definition) is 2. The van der Waals surface area contributed by atoms with Crippen molar-refractivity contribution in [3.05, 3.63) is 39.4 Å². The van der Waals surface area contributed by atoms with E-state index in [9.17, 15) is 4.79 Å². The molecule has 0 saturated carbocycles. The third-order valence-corrected chi connectivity index (χ3v) is 2.50. The van der Waals surface area contributed by atoms with E-state index in [0.717, 1.165) is 23.9 Å². The van der Waals surface area contributed by atoms with Gasteiger partial charge >= 0.3 is 5.69 Å². The quantitative estimate of drug-likeness (QED) is 0.849. The number of fused-ring (bicyclic) bond motifs is 1. The molecule has 0 fully saturated rings. The molecule has 0 aliphatic rings. The monoisotopic (exact) mass is 222 g/mol. The molecule has 0 aliphatic carbocycles. The molecule has 0 bridgehead atoms. The number of halogens is 1. The van der Waals surface area contributed by atoms with Gasteiger partial charge in [0, 0.05) is 16.1 Å². The Morgan fingerprint density at radius 3 is 3.00 bits per heavy atom. The molecule has 1 aromatic heterocycles. The Morgan fingerprint density at radius 2 is 2.27 bits per heavy atom. The first-order valence-corrected chi connectivity index (χ1v) is 5.27. The molecule has 0 radical (unpaired) electrons. The van der Waals surface area contributed by atoms with Crippen LogP contribution in [0.3, 0.4) is 0 Å². The molecule has 0 saturated heterocycles. The van der Waals surface area contributed by atoms with E-state index in [1.165, 1.54) is 0 Å². The molecular weight excluding hydrogens is 212 g/mol. The smallest absolute Gasteiger partial charge is 0.309 e. The second kappa shape index (κ2) is 4.03. The maximum absolute atomic E-state index is 11.3. The molecule has 1 N–H and O–H groups in total. The average Bonchev–Trinajstić information content (AvgIpc) is 2.17. The van der Waals surface area contributed by atoms with E-state index in [-0.39, 0.29) is 5.69 Å². The third kappa shape index (κ3) is 2.02. The largest absolute Gasteiger partial charge is 0.345 e. The summed E-state index contributed by atoms with van der Waals surface area (Å²) in [7, 11) is 0. The molecule has 4 heteroatoms. The van der Waals surface area contributed by atoms with Gasteiger partial charge in [0.1, 0.15) is 0 Å². The van der Waals surface area contributed by atoms with Crippen molar-refractivity contribution < 1.29 is 0 Å². The maximum Gasteiger partial charge on any atom is 0.345 e. The first-order valence-electron chi connectivity index (χ1n) is 4.89. The summed E-state index contributed by atoms with van der Waals surface area (Å²) in [6.45, 7) is 2.07. The van der Waals surface area contributed by atoms with Crippen molar-refractivity contribution >= 4 is 22.5 Å². The van der Waals surface area contributed by atoms with Gasteiger partial charge in [0.05, 0.1) is 5.52 Å². The summed E-state index contributed by atoms with van der Waals surface area (Å²) in [4.78, 5) is 17.9. The fraction of sp³-hybridized carbons (Fsp3) is 0.273. The van der Waals surface area contributed by atoms with Gasteiger partial charge in [-0.25, -0.2) is 4.79 Å². The van der Waals surface area contributed by atoms with Crippen LogP contribution < -0.4 is 5.69 Å². The summed E-state index contributed by atoms with van der Waals surface area (Å²) in [5.41, 5.74) is 1.28. The summed E-state index contributed by atoms with van der Waals surface area (Å²) >= 11 is 5.85. The highest BCUT2D eigenvalue weighted by Gasteiger charge is 2.04. The van der Waals surface area contributed by atoms with Crippen LogP contribution in [0.4, 0.5) is 0 Å². The Morgan fingerprint density at radius 1 is 1.47 bits per heavy atom. The van der Waals surface area contributed by atoms with E-state index >= 15 is 0 Å². The number of nitrogens with zero attached hydrogens (tertiary/aromatic N) is 1. The van der Waals surface area contributed by atoms with Crippen molar-refractivity contribution in [1.29, 1.82) is 0 Å². The predicted octanol–water partition coefficient (Wildman–Crippen LogP) is 2.53. The molecule has 3 nitrogen and oxygen atoms in total. The Hall–Kier alpha value is -1.35. The van der Waals surface area contributed by atoms with Crippen molar-refractivity contribution in [3.8, 4) is 0 Å². The number of rotatable bonds is 2. The van der Waals surface area contributed by atoms with Crippen LogP contribution in [0.5, 0.6) is 0 Å². The molecule has 1 heterocycles.